The summed E-state index contributed by atoms with van der Waals surface area (Å²) >= 11 is 0. The first-order valence-corrected chi connectivity index (χ1v) is 7.89. The second kappa shape index (κ2) is 5.83. The Morgan fingerprint density at radius 3 is 2.15 bits per heavy atom. The molecule has 0 unspecified atom stereocenters. The maximum Gasteiger partial charge on any atom is 0.299 e. The molecule has 0 radical (unpaired) electrons. The van der Waals surface area contributed by atoms with Gasteiger partial charge < -0.3 is 4.18 Å². The van der Waals surface area contributed by atoms with Gasteiger partial charge in [0, 0.05) is 5.56 Å². The predicted octanol–water partition coefficient (Wildman–Crippen LogP) is 3.99. The number of hydrogen-bond donors (Lipinski definition) is 1. The molecule has 0 saturated carbocycles. The molecule has 0 fully saturated rings. The fourth-order valence-corrected chi connectivity index (χ4v) is 2.96. The number of hydrogen-bond acceptors (Lipinski definition) is 3. The Hall–Kier alpha value is -1.55. The Labute approximate surface area is 121 Å². The summed E-state index contributed by atoms with van der Waals surface area (Å²) in [6, 6.07) is 9.87. The third-order valence-corrected chi connectivity index (χ3v) is 3.81. The zero-order valence-electron chi connectivity index (χ0n) is 12.2. The van der Waals surface area contributed by atoms with E-state index in [1.54, 1.807) is 6.07 Å². The highest BCUT2D eigenvalue weighted by Gasteiger charge is 2.15. The van der Waals surface area contributed by atoms with E-state index in [0.29, 0.717) is 11.7 Å². The molecule has 0 aromatic heterocycles. The molecule has 0 bridgehead atoms. The van der Waals surface area contributed by atoms with Gasteiger partial charge in [0.1, 0.15) is 5.75 Å². The summed E-state index contributed by atoms with van der Waals surface area (Å²) in [6.45, 7) is 8.40. The van der Waals surface area contributed by atoms with Crippen molar-refractivity contribution in [3.63, 3.8) is 0 Å². The number of benzene rings is 2. The highest BCUT2D eigenvalue weighted by molar-refractivity contribution is 7.67. The minimum absolute atomic E-state index is 0.186. The van der Waals surface area contributed by atoms with Gasteiger partial charge in [-0.05, 0) is 34.2 Å². The Kier molecular flexibility index (Phi) is 4.33. The second-order valence-electron chi connectivity index (χ2n) is 5.54. The lowest BCUT2D eigenvalue weighted by Gasteiger charge is -2.17. The summed E-state index contributed by atoms with van der Waals surface area (Å²) in [5.74, 6) is 1.04. The van der Waals surface area contributed by atoms with Gasteiger partial charge in [0.25, 0.3) is 11.0 Å². The molecular formula is C16H20O3S. The average Bonchev–Trinajstić information content (AvgIpc) is 2.36. The van der Waals surface area contributed by atoms with Gasteiger partial charge in [0.2, 0.25) is 0 Å². The van der Waals surface area contributed by atoms with Gasteiger partial charge >= 0.3 is 0 Å². The van der Waals surface area contributed by atoms with Crippen molar-refractivity contribution in [2.45, 2.75) is 39.5 Å². The van der Waals surface area contributed by atoms with Crippen molar-refractivity contribution in [3.8, 4) is 5.75 Å². The molecule has 0 spiro atoms. The van der Waals surface area contributed by atoms with Crippen LogP contribution in [0.3, 0.4) is 0 Å². The van der Waals surface area contributed by atoms with E-state index in [-0.39, 0.29) is 5.92 Å². The van der Waals surface area contributed by atoms with Crippen molar-refractivity contribution < 1.29 is 12.6 Å². The molecule has 108 valence electrons. The van der Waals surface area contributed by atoms with Crippen LogP contribution in [-0.2, 0) is 11.0 Å². The van der Waals surface area contributed by atoms with Gasteiger partial charge in [0.05, 0.1) is 0 Å². The lowest BCUT2D eigenvalue weighted by atomic mass is 9.90. The molecular weight excluding hydrogens is 272 g/mol. The van der Waals surface area contributed by atoms with E-state index in [1.807, 2.05) is 32.0 Å². The predicted molar refractivity (Wildman–Crippen MR) is 83.1 cm³/mol. The Morgan fingerprint density at radius 1 is 0.900 bits per heavy atom. The molecule has 0 amide bonds. The molecule has 2 rings (SSSR count). The summed E-state index contributed by atoms with van der Waals surface area (Å²) in [6.07, 6.45) is 0. The third kappa shape index (κ3) is 2.80. The van der Waals surface area contributed by atoms with Gasteiger partial charge in [-0.1, -0.05) is 52.0 Å². The molecule has 0 heterocycles. The summed E-state index contributed by atoms with van der Waals surface area (Å²) in [5.41, 5.74) is 2.21. The van der Waals surface area contributed by atoms with Crippen LogP contribution in [0.1, 0.15) is 50.7 Å². The van der Waals surface area contributed by atoms with E-state index in [1.165, 1.54) is 10.9 Å². The van der Waals surface area contributed by atoms with E-state index in [4.69, 9.17) is 4.18 Å². The standard InChI is InChI=1S/C16H20O3S/c1-10(2)12-6-5-7-14-13(12)8-9-15(19-20(17)18)16(14)11(3)4/h5-11,20H,1-4H3. The molecule has 0 saturated heterocycles. The van der Waals surface area contributed by atoms with Crippen molar-refractivity contribution >= 4 is 21.8 Å². The average molecular weight is 292 g/mol. The van der Waals surface area contributed by atoms with E-state index in [9.17, 15) is 8.42 Å². The Morgan fingerprint density at radius 2 is 1.60 bits per heavy atom. The normalized spacial score (nSPS) is 11.8. The van der Waals surface area contributed by atoms with Crippen LogP contribution in [0, 0.1) is 0 Å². The van der Waals surface area contributed by atoms with Gasteiger partial charge in [-0.15, -0.1) is 0 Å². The molecule has 20 heavy (non-hydrogen) atoms. The first kappa shape index (κ1) is 14.9. The SMILES string of the molecule is CC(C)c1cccc2c(C(C)C)c(O[SH](=O)=O)ccc12. The summed E-state index contributed by atoms with van der Waals surface area (Å²) in [7, 11) is -2.89. The fraction of sp³-hybridized carbons (Fsp3) is 0.375. The van der Waals surface area contributed by atoms with Crippen LogP contribution in [0.5, 0.6) is 5.75 Å². The summed E-state index contributed by atoms with van der Waals surface area (Å²) in [5, 5.41) is 2.24. The molecule has 3 nitrogen and oxygen atoms in total. The van der Waals surface area contributed by atoms with Crippen molar-refractivity contribution in [1.29, 1.82) is 0 Å². The van der Waals surface area contributed by atoms with Crippen LogP contribution >= 0.6 is 0 Å². The molecule has 0 N–H and O–H groups in total. The lowest BCUT2D eigenvalue weighted by molar-refractivity contribution is 0.506. The van der Waals surface area contributed by atoms with Crippen molar-refractivity contribution in [3.05, 3.63) is 41.5 Å². The van der Waals surface area contributed by atoms with E-state index < -0.39 is 11.0 Å². The molecule has 0 atom stereocenters. The van der Waals surface area contributed by atoms with Gasteiger partial charge in [-0.2, -0.15) is 8.42 Å². The Bertz CT molecular complexity index is 692. The van der Waals surface area contributed by atoms with Crippen LogP contribution in [0.25, 0.3) is 10.8 Å². The summed E-state index contributed by atoms with van der Waals surface area (Å²) < 4.78 is 26.7. The maximum absolute atomic E-state index is 10.9. The zero-order valence-corrected chi connectivity index (χ0v) is 13.1. The van der Waals surface area contributed by atoms with Gasteiger partial charge in [0.15, 0.2) is 0 Å². The van der Waals surface area contributed by atoms with Crippen LogP contribution in [0.2, 0.25) is 0 Å². The fourth-order valence-electron chi connectivity index (χ4n) is 2.64. The first-order valence-electron chi connectivity index (χ1n) is 6.79. The topological polar surface area (TPSA) is 43.4 Å². The molecule has 2 aromatic rings. The first-order chi connectivity index (χ1) is 9.41. The highest BCUT2D eigenvalue weighted by Crippen LogP contribution is 2.37. The van der Waals surface area contributed by atoms with Crippen LogP contribution in [-0.4, -0.2) is 8.42 Å². The zero-order chi connectivity index (χ0) is 14.9. The smallest absolute Gasteiger partial charge is 0.299 e. The van der Waals surface area contributed by atoms with E-state index in [2.05, 4.69) is 19.9 Å². The van der Waals surface area contributed by atoms with E-state index >= 15 is 0 Å². The van der Waals surface area contributed by atoms with Crippen molar-refractivity contribution in [2.75, 3.05) is 0 Å². The maximum atomic E-state index is 10.9. The monoisotopic (exact) mass is 292 g/mol. The molecule has 0 aliphatic heterocycles. The number of fused-ring (bicyclic) bond motifs is 1. The van der Waals surface area contributed by atoms with Crippen molar-refractivity contribution in [2.24, 2.45) is 0 Å². The molecule has 4 heteroatoms. The van der Waals surface area contributed by atoms with Crippen LogP contribution in [0.15, 0.2) is 30.3 Å². The summed E-state index contributed by atoms with van der Waals surface area (Å²) in [4.78, 5) is 0. The van der Waals surface area contributed by atoms with Gasteiger partial charge in [-0.25, -0.2) is 0 Å². The largest absolute Gasteiger partial charge is 0.384 e. The van der Waals surface area contributed by atoms with Gasteiger partial charge in [-0.3, -0.25) is 0 Å². The molecule has 0 aliphatic rings. The minimum atomic E-state index is -2.89. The quantitative estimate of drug-likeness (QED) is 0.866. The Balaban J connectivity index is 2.78. The molecule has 2 aromatic carbocycles. The lowest BCUT2D eigenvalue weighted by Crippen LogP contribution is -2.00. The second-order valence-corrected chi connectivity index (χ2v) is 6.17. The van der Waals surface area contributed by atoms with Crippen molar-refractivity contribution in [1.82, 2.24) is 0 Å². The minimum Gasteiger partial charge on any atom is -0.384 e. The van der Waals surface area contributed by atoms with Crippen LogP contribution < -0.4 is 4.18 Å². The third-order valence-electron chi connectivity index (χ3n) is 3.47. The van der Waals surface area contributed by atoms with E-state index in [0.717, 1.165) is 10.9 Å². The molecule has 0 aliphatic carbocycles. The van der Waals surface area contributed by atoms with Crippen LogP contribution in [0.4, 0.5) is 0 Å². The number of rotatable bonds is 4. The highest BCUT2D eigenvalue weighted by atomic mass is 32.2. The number of thiol groups is 1.